The summed E-state index contributed by atoms with van der Waals surface area (Å²) in [6.07, 6.45) is 3.95. The van der Waals surface area contributed by atoms with Crippen molar-refractivity contribution in [2.45, 2.75) is 16.7 Å². The van der Waals surface area contributed by atoms with Gasteiger partial charge in [-0.3, -0.25) is 9.29 Å². The van der Waals surface area contributed by atoms with Crippen LogP contribution in [0.5, 0.6) is 0 Å². The predicted molar refractivity (Wildman–Crippen MR) is 89.0 cm³/mol. The highest BCUT2D eigenvalue weighted by Crippen LogP contribution is 2.30. The molecule has 0 fully saturated rings. The van der Waals surface area contributed by atoms with Crippen molar-refractivity contribution in [2.24, 2.45) is 0 Å². The zero-order chi connectivity index (χ0) is 17.3. The highest BCUT2D eigenvalue weighted by Gasteiger charge is 2.27. The number of aromatic nitrogens is 1. The lowest BCUT2D eigenvalue weighted by atomic mass is 10.4. The van der Waals surface area contributed by atoms with Gasteiger partial charge in [0.25, 0.3) is 10.0 Å². The lowest BCUT2D eigenvalue weighted by molar-refractivity contribution is 0.591. The maximum atomic E-state index is 12.9. The summed E-state index contributed by atoms with van der Waals surface area (Å²) < 4.78 is 50.2. The van der Waals surface area contributed by atoms with Crippen molar-refractivity contribution in [2.75, 3.05) is 17.1 Å². The largest absolute Gasteiger partial charge is 0.265 e. The van der Waals surface area contributed by atoms with E-state index in [1.807, 2.05) is 0 Å². The van der Waals surface area contributed by atoms with Gasteiger partial charge < -0.3 is 0 Å². The predicted octanol–water partition coefficient (Wildman–Crippen LogP) is 2.35. The molecule has 1 heterocycles. The Balaban J connectivity index is 2.63. The Hall–Kier alpha value is -1.64. The standard InChI is InChI=1S/C14H15ClN2O4S2/c1-3-17(11-5-4-8-16-10-11)23(20,21)14-9-12(22(2,18)19)6-7-13(14)15/h4-10H,3H2,1-2H3. The molecule has 0 saturated carbocycles. The van der Waals surface area contributed by atoms with Crippen molar-refractivity contribution in [1.82, 2.24) is 4.98 Å². The molecule has 0 saturated heterocycles. The number of sulfone groups is 1. The minimum absolute atomic E-state index is 0.0419. The molecule has 9 heteroatoms. The molecule has 23 heavy (non-hydrogen) atoms. The van der Waals surface area contributed by atoms with Crippen LogP contribution in [0.4, 0.5) is 5.69 Å². The number of hydrogen-bond acceptors (Lipinski definition) is 5. The topological polar surface area (TPSA) is 84.4 Å². The Morgan fingerprint density at radius 1 is 1.17 bits per heavy atom. The minimum atomic E-state index is -4.02. The van der Waals surface area contributed by atoms with Crippen LogP contribution in [-0.4, -0.2) is 34.6 Å². The van der Waals surface area contributed by atoms with Gasteiger partial charge >= 0.3 is 0 Å². The number of rotatable bonds is 5. The first-order valence-electron chi connectivity index (χ1n) is 6.60. The second-order valence-electron chi connectivity index (χ2n) is 4.75. The van der Waals surface area contributed by atoms with Crippen molar-refractivity contribution >= 4 is 37.1 Å². The monoisotopic (exact) mass is 374 g/mol. The molecule has 0 aliphatic rings. The average molecular weight is 375 g/mol. The van der Waals surface area contributed by atoms with E-state index in [0.29, 0.717) is 5.69 Å². The molecule has 0 N–H and O–H groups in total. The molecule has 124 valence electrons. The van der Waals surface area contributed by atoms with Crippen molar-refractivity contribution in [3.05, 3.63) is 47.7 Å². The SMILES string of the molecule is CCN(c1cccnc1)S(=O)(=O)c1cc(S(C)(=O)=O)ccc1Cl. The number of benzene rings is 1. The van der Waals surface area contributed by atoms with Gasteiger partial charge in [-0.1, -0.05) is 11.6 Å². The molecule has 0 amide bonds. The zero-order valence-electron chi connectivity index (χ0n) is 12.5. The Morgan fingerprint density at radius 3 is 2.39 bits per heavy atom. The van der Waals surface area contributed by atoms with Crippen molar-refractivity contribution in [3.8, 4) is 0 Å². The van der Waals surface area contributed by atoms with E-state index in [-0.39, 0.29) is 21.4 Å². The van der Waals surface area contributed by atoms with Gasteiger partial charge in [0.15, 0.2) is 9.84 Å². The summed E-state index contributed by atoms with van der Waals surface area (Å²) in [7, 11) is -7.57. The highest BCUT2D eigenvalue weighted by atomic mass is 35.5. The van der Waals surface area contributed by atoms with Crippen LogP contribution in [-0.2, 0) is 19.9 Å². The van der Waals surface area contributed by atoms with Crippen LogP contribution < -0.4 is 4.31 Å². The van der Waals surface area contributed by atoms with Crippen LogP contribution >= 0.6 is 11.6 Å². The molecule has 0 aliphatic carbocycles. The molecule has 0 bridgehead atoms. The molecule has 0 radical (unpaired) electrons. The van der Waals surface area contributed by atoms with E-state index < -0.39 is 19.9 Å². The fourth-order valence-electron chi connectivity index (χ4n) is 2.02. The number of sulfonamides is 1. The minimum Gasteiger partial charge on any atom is -0.265 e. The molecule has 2 rings (SSSR count). The lowest BCUT2D eigenvalue weighted by Crippen LogP contribution is -2.31. The molecule has 0 atom stereocenters. The third kappa shape index (κ3) is 3.65. The van der Waals surface area contributed by atoms with Crippen LogP contribution in [0.25, 0.3) is 0 Å². The second kappa shape index (κ2) is 6.46. The van der Waals surface area contributed by atoms with Crippen LogP contribution in [0.2, 0.25) is 5.02 Å². The summed E-state index contributed by atoms with van der Waals surface area (Å²) in [6.45, 7) is 1.81. The summed E-state index contributed by atoms with van der Waals surface area (Å²) in [6, 6.07) is 6.83. The normalized spacial score (nSPS) is 12.1. The van der Waals surface area contributed by atoms with E-state index in [0.717, 1.165) is 16.6 Å². The third-order valence-corrected chi connectivity index (χ3v) is 6.61. The summed E-state index contributed by atoms with van der Waals surface area (Å²) in [4.78, 5) is 3.54. The number of hydrogen-bond donors (Lipinski definition) is 0. The number of halogens is 1. The Morgan fingerprint density at radius 2 is 1.87 bits per heavy atom. The summed E-state index contributed by atoms with van der Waals surface area (Å²) >= 11 is 6.00. The van der Waals surface area contributed by atoms with Crippen LogP contribution in [0.3, 0.4) is 0 Å². The summed E-state index contributed by atoms with van der Waals surface area (Å²) in [5.74, 6) is 0. The Labute approximate surface area is 140 Å². The molecule has 1 aromatic heterocycles. The smallest absolute Gasteiger partial charge is 0.265 e. The quantitative estimate of drug-likeness (QED) is 0.802. The fraction of sp³-hybridized carbons (Fsp3) is 0.214. The van der Waals surface area contributed by atoms with Crippen molar-refractivity contribution in [3.63, 3.8) is 0 Å². The molecular formula is C14H15ClN2O4S2. The lowest BCUT2D eigenvalue weighted by Gasteiger charge is -2.23. The number of pyridine rings is 1. The molecule has 6 nitrogen and oxygen atoms in total. The van der Waals surface area contributed by atoms with Crippen molar-refractivity contribution in [1.29, 1.82) is 0 Å². The van der Waals surface area contributed by atoms with Gasteiger partial charge in [0.05, 0.1) is 21.8 Å². The molecule has 0 spiro atoms. The van der Waals surface area contributed by atoms with Gasteiger partial charge in [-0.05, 0) is 37.3 Å². The molecule has 0 aliphatic heterocycles. The van der Waals surface area contributed by atoms with E-state index >= 15 is 0 Å². The van der Waals surface area contributed by atoms with Gasteiger partial charge in [-0.2, -0.15) is 0 Å². The first-order valence-corrected chi connectivity index (χ1v) is 10.3. The number of nitrogens with zero attached hydrogens (tertiary/aromatic N) is 2. The summed E-state index contributed by atoms with van der Waals surface area (Å²) in [5.41, 5.74) is 0.371. The van der Waals surface area contributed by atoms with Gasteiger partial charge in [0.2, 0.25) is 0 Å². The molecule has 2 aromatic rings. The van der Waals surface area contributed by atoms with Crippen molar-refractivity contribution < 1.29 is 16.8 Å². The van der Waals surface area contributed by atoms with E-state index in [1.54, 1.807) is 19.1 Å². The van der Waals surface area contributed by atoms with Crippen LogP contribution in [0, 0.1) is 0 Å². The molecule has 0 unspecified atom stereocenters. The van der Waals surface area contributed by atoms with Crippen LogP contribution in [0.15, 0.2) is 52.5 Å². The van der Waals surface area contributed by atoms with Gasteiger partial charge in [0, 0.05) is 19.0 Å². The second-order valence-corrected chi connectivity index (χ2v) is 9.00. The Kier molecular flexibility index (Phi) is 4.98. The third-order valence-electron chi connectivity index (χ3n) is 3.12. The van der Waals surface area contributed by atoms with E-state index in [4.69, 9.17) is 11.6 Å². The first kappa shape index (κ1) is 17.7. The fourth-order valence-corrected chi connectivity index (χ4v) is 4.71. The van der Waals surface area contributed by atoms with Gasteiger partial charge in [-0.25, -0.2) is 16.8 Å². The zero-order valence-corrected chi connectivity index (χ0v) is 14.9. The highest BCUT2D eigenvalue weighted by molar-refractivity contribution is 7.93. The molecular weight excluding hydrogens is 360 g/mol. The van der Waals surface area contributed by atoms with Gasteiger partial charge in [0.1, 0.15) is 4.90 Å². The average Bonchev–Trinajstić information content (AvgIpc) is 2.47. The maximum Gasteiger partial charge on any atom is 0.265 e. The van der Waals surface area contributed by atoms with Crippen LogP contribution in [0.1, 0.15) is 6.92 Å². The maximum absolute atomic E-state index is 12.9. The van der Waals surface area contributed by atoms with E-state index in [2.05, 4.69) is 4.98 Å². The molecule has 1 aromatic carbocycles. The summed E-state index contributed by atoms with van der Waals surface area (Å²) in [5, 5.41) is -0.0419. The Bertz CT molecular complexity index is 913. The first-order chi connectivity index (χ1) is 10.7. The van der Waals surface area contributed by atoms with E-state index in [1.165, 1.54) is 24.5 Å². The van der Waals surface area contributed by atoms with Gasteiger partial charge in [-0.15, -0.1) is 0 Å². The van der Waals surface area contributed by atoms with E-state index in [9.17, 15) is 16.8 Å². The number of anilines is 1.